The van der Waals surface area contributed by atoms with E-state index in [4.69, 9.17) is 0 Å². The molecule has 3 fully saturated rings. The molecule has 1 heterocycles. The average Bonchev–Trinajstić information content (AvgIpc) is 3.44. The van der Waals surface area contributed by atoms with Gasteiger partial charge in [0.25, 0.3) is 0 Å². The fourth-order valence-corrected chi connectivity index (χ4v) is 5.99. The number of benzene rings is 1. The third-order valence-corrected chi connectivity index (χ3v) is 7.73. The van der Waals surface area contributed by atoms with Crippen molar-refractivity contribution >= 4 is 41.6 Å². The largest absolute Gasteiger partial charge is 0.343 e. The van der Waals surface area contributed by atoms with Crippen LogP contribution in [0.3, 0.4) is 0 Å². The van der Waals surface area contributed by atoms with Crippen LogP contribution in [0.15, 0.2) is 28.7 Å². The van der Waals surface area contributed by atoms with E-state index in [2.05, 4.69) is 32.0 Å². The van der Waals surface area contributed by atoms with Gasteiger partial charge in [0, 0.05) is 10.2 Å². The molecule has 4 amide bonds. The quantitative estimate of drug-likeness (QED) is 0.660. The summed E-state index contributed by atoms with van der Waals surface area (Å²) in [6, 6.07) is 6.01. The molecule has 1 aromatic carbocycles. The SMILES string of the molecule is O=C(Nc1ccc(Br)cc1)NN1C(=O)NC(C2CC2)(C2CC2)[PH]1=O. The van der Waals surface area contributed by atoms with Crippen molar-refractivity contribution in [3.63, 3.8) is 0 Å². The Labute approximate surface area is 148 Å². The Morgan fingerprint density at radius 2 is 1.79 bits per heavy atom. The van der Waals surface area contributed by atoms with Gasteiger partial charge in [-0.3, -0.25) is 4.57 Å². The molecule has 24 heavy (non-hydrogen) atoms. The van der Waals surface area contributed by atoms with E-state index in [0.717, 1.165) is 34.9 Å². The Balaban J connectivity index is 1.46. The van der Waals surface area contributed by atoms with E-state index in [9.17, 15) is 14.2 Å². The molecule has 2 aliphatic carbocycles. The van der Waals surface area contributed by atoms with Crippen LogP contribution in [0, 0.1) is 11.8 Å². The molecule has 1 saturated heterocycles. The standard InChI is InChI=1S/C15H18BrN4O3P/c16-11-5-7-12(8-6-11)17-13(21)19-20-14(22)18-15(24(20)23,9-1-2-9)10-3-4-10/h5-10,24H,1-4H2,(H,18,22)(H2,17,19,21). The molecule has 0 radical (unpaired) electrons. The van der Waals surface area contributed by atoms with Crippen molar-refractivity contribution in [3.05, 3.63) is 28.7 Å². The Kier molecular flexibility index (Phi) is 3.84. The van der Waals surface area contributed by atoms with Gasteiger partial charge in [0.05, 0.1) is 0 Å². The van der Waals surface area contributed by atoms with E-state index in [1.165, 1.54) is 0 Å². The van der Waals surface area contributed by atoms with Crippen molar-refractivity contribution in [1.82, 2.24) is 15.5 Å². The highest BCUT2D eigenvalue weighted by molar-refractivity contribution is 9.10. The highest BCUT2D eigenvalue weighted by atomic mass is 79.9. The minimum absolute atomic E-state index is 0.279. The van der Waals surface area contributed by atoms with Gasteiger partial charge >= 0.3 is 12.1 Å². The lowest BCUT2D eigenvalue weighted by atomic mass is 10.1. The van der Waals surface area contributed by atoms with E-state index in [1.54, 1.807) is 24.3 Å². The Bertz CT molecular complexity index is 706. The number of anilines is 1. The minimum Gasteiger partial charge on any atom is -0.322 e. The van der Waals surface area contributed by atoms with Gasteiger partial charge in [0.1, 0.15) is 5.28 Å². The molecule has 9 heteroatoms. The van der Waals surface area contributed by atoms with Gasteiger partial charge in [0.15, 0.2) is 0 Å². The van der Waals surface area contributed by atoms with Crippen LogP contribution in [-0.2, 0) is 4.57 Å². The number of amides is 4. The van der Waals surface area contributed by atoms with Crippen LogP contribution in [0.2, 0.25) is 0 Å². The van der Waals surface area contributed by atoms with Gasteiger partial charge in [-0.05, 0) is 61.8 Å². The van der Waals surface area contributed by atoms with E-state index in [0.29, 0.717) is 5.69 Å². The maximum atomic E-state index is 13.0. The number of nitrogens with zero attached hydrogens (tertiary/aromatic N) is 1. The zero-order chi connectivity index (χ0) is 16.9. The van der Waals surface area contributed by atoms with Crippen LogP contribution in [0.25, 0.3) is 0 Å². The summed E-state index contributed by atoms with van der Waals surface area (Å²) in [4.78, 5) is 24.4. The van der Waals surface area contributed by atoms with Crippen molar-refractivity contribution in [2.75, 3.05) is 5.32 Å². The molecule has 0 bridgehead atoms. The van der Waals surface area contributed by atoms with Crippen LogP contribution in [0.5, 0.6) is 0 Å². The number of carbonyl (C=O) groups is 2. The fraction of sp³-hybridized carbons (Fsp3) is 0.467. The number of hydrogen-bond donors (Lipinski definition) is 3. The summed E-state index contributed by atoms with van der Waals surface area (Å²) in [6.45, 7) is 0. The van der Waals surface area contributed by atoms with Crippen molar-refractivity contribution in [2.24, 2.45) is 11.8 Å². The number of rotatable bonds is 4. The van der Waals surface area contributed by atoms with E-state index < -0.39 is 25.3 Å². The van der Waals surface area contributed by atoms with Crippen LogP contribution in [-0.4, -0.2) is 22.1 Å². The fourth-order valence-electron chi connectivity index (χ4n) is 3.42. The third kappa shape index (κ3) is 2.71. The third-order valence-electron chi connectivity index (χ3n) is 4.83. The van der Waals surface area contributed by atoms with E-state index in [1.807, 2.05) is 0 Å². The van der Waals surface area contributed by atoms with Gasteiger partial charge < -0.3 is 10.6 Å². The number of nitrogens with one attached hydrogen (secondary N) is 3. The predicted octanol–water partition coefficient (Wildman–Crippen LogP) is 3.50. The summed E-state index contributed by atoms with van der Waals surface area (Å²) in [6.07, 6.45) is 3.97. The molecule has 1 unspecified atom stereocenters. The van der Waals surface area contributed by atoms with Crippen molar-refractivity contribution < 1.29 is 14.2 Å². The molecule has 4 rings (SSSR count). The number of hydrogen-bond acceptors (Lipinski definition) is 3. The second-order valence-electron chi connectivity index (χ2n) is 6.56. The van der Waals surface area contributed by atoms with Crippen LogP contribution in [0.1, 0.15) is 25.7 Å². The summed E-state index contributed by atoms with van der Waals surface area (Å²) < 4.78 is 14.9. The molecular weight excluding hydrogens is 395 g/mol. The molecule has 2 saturated carbocycles. The second kappa shape index (κ2) is 5.77. The molecular formula is C15H18BrN4O3P. The van der Waals surface area contributed by atoms with Crippen molar-refractivity contribution in [2.45, 2.75) is 31.0 Å². The van der Waals surface area contributed by atoms with Gasteiger partial charge in [-0.25, -0.2) is 15.0 Å². The first-order valence-electron chi connectivity index (χ1n) is 8.00. The zero-order valence-electron chi connectivity index (χ0n) is 12.8. The molecule has 3 N–H and O–H groups in total. The Morgan fingerprint density at radius 1 is 1.21 bits per heavy atom. The predicted molar refractivity (Wildman–Crippen MR) is 93.8 cm³/mol. The first-order valence-corrected chi connectivity index (χ1v) is 10.2. The maximum absolute atomic E-state index is 13.0. The van der Waals surface area contributed by atoms with Crippen molar-refractivity contribution in [1.29, 1.82) is 0 Å². The minimum atomic E-state index is -2.47. The molecule has 128 valence electrons. The average molecular weight is 413 g/mol. The lowest BCUT2D eigenvalue weighted by Gasteiger charge is -2.27. The van der Waals surface area contributed by atoms with Gasteiger partial charge in [-0.15, -0.1) is 0 Å². The molecule has 1 aromatic rings. The number of carbonyl (C=O) groups excluding carboxylic acids is 2. The summed E-state index contributed by atoms with van der Waals surface area (Å²) >= 11 is 3.32. The summed E-state index contributed by atoms with van der Waals surface area (Å²) in [7, 11) is -2.47. The highest BCUT2D eigenvalue weighted by Crippen LogP contribution is 2.65. The molecule has 7 nitrogen and oxygen atoms in total. The first-order chi connectivity index (χ1) is 11.5. The van der Waals surface area contributed by atoms with Gasteiger partial charge in [-0.1, -0.05) is 15.9 Å². The summed E-state index contributed by atoms with van der Waals surface area (Å²) in [5.74, 6) is 0.559. The number of hydrazine groups is 1. The monoisotopic (exact) mass is 412 g/mol. The van der Waals surface area contributed by atoms with Crippen LogP contribution in [0.4, 0.5) is 15.3 Å². The highest BCUT2D eigenvalue weighted by Gasteiger charge is 2.64. The maximum Gasteiger partial charge on any atom is 0.343 e. The molecule has 0 aromatic heterocycles. The van der Waals surface area contributed by atoms with Crippen molar-refractivity contribution in [3.8, 4) is 0 Å². The second-order valence-corrected chi connectivity index (χ2v) is 9.36. The molecule has 1 aliphatic heterocycles. The lowest BCUT2D eigenvalue weighted by Crippen LogP contribution is -2.45. The topological polar surface area (TPSA) is 90.5 Å². The number of urea groups is 2. The Morgan fingerprint density at radius 3 is 2.33 bits per heavy atom. The molecule has 1 atom stereocenters. The van der Waals surface area contributed by atoms with Gasteiger partial charge in [0.2, 0.25) is 7.95 Å². The summed E-state index contributed by atoms with van der Waals surface area (Å²) in [5.41, 5.74) is 3.04. The normalized spacial score (nSPS) is 25.3. The van der Waals surface area contributed by atoms with Crippen LogP contribution >= 0.6 is 23.9 Å². The summed E-state index contributed by atoms with van der Waals surface area (Å²) in [5, 5.41) is 4.96. The number of halogens is 1. The van der Waals surface area contributed by atoms with Gasteiger partial charge in [-0.2, -0.15) is 4.78 Å². The molecule has 0 spiro atoms. The van der Waals surface area contributed by atoms with Crippen LogP contribution < -0.4 is 16.1 Å². The van der Waals surface area contributed by atoms with E-state index >= 15 is 0 Å². The Hall–Kier alpha value is -1.53. The lowest BCUT2D eigenvalue weighted by molar-refractivity contribution is 0.208. The smallest absolute Gasteiger partial charge is 0.322 e. The zero-order valence-corrected chi connectivity index (χ0v) is 15.4. The van der Waals surface area contributed by atoms with E-state index in [-0.39, 0.29) is 11.8 Å². The first kappa shape index (κ1) is 16.0. The molecule has 3 aliphatic rings.